The summed E-state index contributed by atoms with van der Waals surface area (Å²) in [7, 11) is 0. The average molecular weight is 281 g/mol. The van der Waals surface area contributed by atoms with Gasteiger partial charge in [-0.15, -0.1) is 0 Å². The number of carboxylic acid groups (broad SMARTS) is 1. The Labute approximate surface area is 115 Å². The van der Waals surface area contributed by atoms with Gasteiger partial charge in [-0.1, -0.05) is 6.07 Å². The molecule has 0 aliphatic heterocycles. The van der Waals surface area contributed by atoms with E-state index < -0.39 is 17.8 Å². The van der Waals surface area contributed by atoms with Gasteiger partial charge in [0.1, 0.15) is 18.2 Å². The average Bonchev–Trinajstić information content (AvgIpc) is 3.17. The summed E-state index contributed by atoms with van der Waals surface area (Å²) in [5, 5.41) is 11.4. The Kier molecular flexibility index (Phi) is 4.22. The van der Waals surface area contributed by atoms with Gasteiger partial charge in [0.2, 0.25) is 5.91 Å². The molecule has 0 bridgehead atoms. The van der Waals surface area contributed by atoms with E-state index >= 15 is 0 Å². The van der Waals surface area contributed by atoms with Crippen molar-refractivity contribution in [3.05, 3.63) is 30.1 Å². The summed E-state index contributed by atoms with van der Waals surface area (Å²) in [5.74, 6) is -2.21. The quantitative estimate of drug-likeness (QED) is 0.827. The zero-order chi connectivity index (χ0) is 14.7. The van der Waals surface area contributed by atoms with E-state index in [2.05, 4.69) is 5.32 Å². The molecule has 6 heteroatoms. The minimum absolute atomic E-state index is 0.194. The fraction of sp³-hybridized carbons (Fsp3) is 0.429. The van der Waals surface area contributed by atoms with Crippen molar-refractivity contribution in [2.75, 3.05) is 6.61 Å². The van der Waals surface area contributed by atoms with E-state index in [-0.39, 0.29) is 24.4 Å². The Hall–Kier alpha value is -2.11. The van der Waals surface area contributed by atoms with Gasteiger partial charge in [-0.2, -0.15) is 0 Å². The highest BCUT2D eigenvalue weighted by atomic mass is 19.1. The number of amides is 1. The summed E-state index contributed by atoms with van der Waals surface area (Å²) < 4.78 is 18.3. The summed E-state index contributed by atoms with van der Waals surface area (Å²) in [5.41, 5.74) is 0. The van der Waals surface area contributed by atoms with Gasteiger partial charge in [0.25, 0.3) is 0 Å². The molecule has 2 N–H and O–H groups in total. The molecule has 3 atom stereocenters. The van der Waals surface area contributed by atoms with E-state index in [1.54, 1.807) is 13.0 Å². The highest BCUT2D eigenvalue weighted by molar-refractivity contribution is 5.89. The van der Waals surface area contributed by atoms with Crippen LogP contribution in [0, 0.1) is 17.7 Å². The molecule has 1 aromatic carbocycles. The zero-order valence-corrected chi connectivity index (χ0v) is 11.0. The highest BCUT2D eigenvalue weighted by Crippen LogP contribution is 2.38. The second-order valence-electron chi connectivity index (χ2n) is 4.96. The van der Waals surface area contributed by atoms with E-state index in [1.807, 2.05) is 0 Å². The first-order valence-electron chi connectivity index (χ1n) is 6.39. The normalized spacial score (nSPS) is 21.9. The molecule has 1 aromatic rings. The smallest absolute Gasteiger partial charge is 0.307 e. The first-order chi connectivity index (χ1) is 9.47. The van der Waals surface area contributed by atoms with Crippen LogP contribution in [0.15, 0.2) is 24.3 Å². The van der Waals surface area contributed by atoms with Gasteiger partial charge in [-0.05, 0) is 25.5 Å². The number of ether oxygens (including phenoxy) is 1. The second-order valence-corrected chi connectivity index (χ2v) is 4.96. The minimum Gasteiger partial charge on any atom is -0.491 e. The Bertz CT molecular complexity index is 520. The Morgan fingerprint density at radius 3 is 2.85 bits per heavy atom. The van der Waals surface area contributed by atoms with Crippen molar-refractivity contribution in [3.8, 4) is 5.75 Å². The topological polar surface area (TPSA) is 75.6 Å². The lowest BCUT2D eigenvalue weighted by Gasteiger charge is -2.15. The molecule has 0 aromatic heterocycles. The SMILES string of the molecule is CC(COc1cccc(F)c1)NC(=O)C1CC1C(=O)O. The number of nitrogens with one attached hydrogen (secondary N) is 1. The van der Waals surface area contributed by atoms with Crippen molar-refractivity contribution in [2.45, 2.75) is 19.4 Å². The van der Waals surface area contributed by atoms with E-state index in [4.69, 9.17) is 9.84 Å². The molecule has 0 radical (unpaired) electrons. The van der Waals surface area contributed by atoms with Crippen LogP contribution in [0.1, 0.15) is 13.3 Å². The molecule has 0 saturated heterocycles. The van der Waals surface area contributed by atoms with Crippen LogP contribution in [0.25, 0.3) is 0 Å². The molecular formula is C14H16FNO4. The standard InChI is InChI=1S/C14H16FNO4/c1-8(7-20-10-4-2-3-9(15)5-10)16-13(17)11-6-12(11)14(18)19/h2-5,8,11-12H,6-7H2,1H3,(H,16,17)(H,18,19). The molecule has 108 valence electrons. The first-order valence-corrected chi connectivity index (χ1v) is 6.39. The number of aliphatic carboxylic acids is 1. The molecule has 1 fully saturated rings. The van der Waals surface area contributed by atoms with Gasteiger partial charge in [0.15, 0.2) is 0 Å². The summed E-state index contributed by atoms with van der Waals surface area (Å²) >= 11 is 0. The van der Waals surface area contributed by atoms with Gasteiger partial charge in [-0.25, -0.2) is 4.39 Å². The van der Waals surface area contributed by atoms with E-state index in [0.717, 1.165) is 0 Å². The number of rotatable bonds is 6. The molecular weight excluding hydrogens is 265 g/mol. The van der Waals surface area contributed by atoms with Crippen molar-refractivity contribution in [2.24, 2.45) is 11.8 Å². The number of benzene rings is 1. The molecule has 1 amide bonds. The molecule has 2 rings (SSSR count). The fourth-order valence-electron chi connectivity index (χ4n) is 1.93. The third-order valence-corrected chi connectivity index (χ3v) is 3.13. The van der Waals surface area contributed by atoms with Crippen LogP contribution in [0.4, 0.5) is 4.39 Å². The fourth-order valence-corrected chi connectivity index (χ4v) is 1.93. The molecule has 1 aliphatic rings. The van der Waals surface area contributed by atoms with Gasteiger partial charge >= 0.3 is 5.97 Å². The summed E-state index contributed by atoms with van der Waals surface area (Å²) in [6.45, 7) is 1.94. The van der Waals surface area contributed by atoms with Crippen LogP contribution in [-0.2, 0) is 9.59 Å². The largest absolute Gasteiger partial charge is 0.491 e. The van der Waals surface area contributed by atoms with Crippen molar-refractivity contribution in [1.29, 1.82) is 0 Å². The first kappa shape index (κ1) is 14.3. The Morgan fingerprint density at radius 2 is 2.25 bits per heavy atom. The maximum Gasteiger partial charge on any atom is 0.307 e. The third kappa shape index (κ3) is 3.69. The summed E-state index contributed by atoms with van der Waals surface area (Å²) in [6.07, 6.45) is 0.388. The molecule has 0 heterocycles. The Morgan fingerprint density at radius 1 is 1.50 bits per heavy atom. The number of carbonyl (C=O) groups is 2. The lowest BCUT2D eigenvalue weighted by Crippen LogP contribution is -2.38. The van der Waals surface area contributed by atoms with E-state index in [1.165, 1.54) is 18.2 Å². The van der Waals surface area contributed by atoms with Crippen LogP contribution in [-0.4, -0.2) is 29.6 Å². The number of carboxylic acids is 1. The highest BCUT2D eigenvalue weighted by Gasteiger charge is 2.48. The van der Waals surface area contributed by atoms with E-state index in [0.29, 0.717) is 12.2 Å². The van der Waals surface area contributed by atoms with E-state index in [9.17, 15) is 14.0 Å². The lowest BCUT2D eigenvalue weighted by atomic mass is 10.2. The minimum atomic E-state index is -0.936. The molecule has 20 heavy (non-hydrogen) atoms. The van der Waals surface area contributed by atoms with Crippen LogP contribution in [0.2, 0.25) is 0 Å². The zero-order valence-electron chi connectivity index (χ0n) is 11.0. The van der Waals surface area contributed by atoms with Crippen molar-refractivity contribution < 1.29 is 23.8 Å². The predicted molar refractivity (Wildman–Crippen MR) is 68.7 cm³/mol. The van der Waals surface area contributed by atoms with Crippen LogP contribution < -0.4 is 10.1 Å². The van der Waals surface area contributed by atoms with Crippen molar-refractivity contribution >= 4 is 11.9 Å². The molecule has 1 saturated carbocycles. The van der Waals surface area contributed by atoms with Crippen LogP contribution >= 0.6 is 0 Å². The maximum atomic E-state index is 12.9. The monoisotopic (exact) mass is 281 g/mol. The van der Waals surface area contributed by atoms with Crippen molar-refractivity contribution in [1.82, 2.24) is 5.32 Å². The predicted octanol–water partition coefficient (Wildman–Crippen LogP) is 1.43. The lowest BCUT2D eigenvalue weighted by molar-refractivity contribution is -0.140. The number of hydrogen-bond acceptors (Lipinski definition) is 3. The second kappa shape index (κ2) is 5.90. The van der Waals surface area contributed by atoms with Gasteiger partial charge in [0, 0.05) is 6.07 Å². The maximum absolute atomic E-state index is 12.9. The summed E-state index contributed by atoms with van der Waals surface area (Å²) in [4.78, 5) is 22.4. The molecule has 0 spiro atoms. The van der Waals surface area contributed by atoms with Gasteiger partial charge < -0.3 is 15.2 Å². The number of carbonyl (C=O) groups excluding carboxylic acids is 1. The number of hydrogen-bond donors (Lipinski definition) is 2. The molecule has 5 nitrogen and oxygen atoms in total. The molecule has 3 unspecified atom stereocenters. The third-order valence-electron chi connectivity index (χ3n) is 3.13. The number of halogens is 1. The Balaban J connectivity index is 1.74. The molecule has 1 aliphatic carbocycles. The van der Waals surface area contributed by atoms with Crippen LogP contribution in [0.5, 0.6) is 5.75 Å². The van der Waals surface area contributed by atoms with Crippen molar-refractivity contribution in [3.63, 3.8) is 0 Å². The summed E-state index contributed by atoms with van der Waals surface area (Å²) in [6, 6.07) is 5.46. The van der Waals surface area contributed by atoms with Crippen LogP contribution in [0.3, 0.4) is 0 Å². The van der Waals surface area contributed by atoms with Gasteiger partial charge in [-0.3, -0.25) is 9.59 Å². The van der Waals surface area contributed by atoms with Gasteiger partial charge in [0.05, 0.1) is 17.9 Å².